The molecule has 0 saturated heterocycles. The van der Waals surface area contributed by atoms with Crippen molar-refractivity contribution in [3.05, 3.63) is 85.2 Å². The maximum Gasteiger partial charge on any atom is 0.208 e. The molecule has 0 spiro atoms. The monoisotopic (exact) mass is 580 g/mol. The maximum absolute atomic E-state index is 13.2. The fourth-order valence-corrected chi connectivity index (χ4v) is 4.96. The van der Waals surface area contributed by atoms with Crippen LogP contribution in [0.25, 0.3) is 44.1 Å². The smallest absolute Gasteiger partial charge is 0.208 e. The molecule has 0 bridgehead atoms. The summed E-state index contributed by atoms with van der Waals surface area (Å²) in [4.78, 5) is 6.12. The Balaban J connectivity index is 0.000000166. The summed E-state index contributed by atoms with van der Waals surface area (Å²) in [5.74, 6) is -0.519. The predicted octanol–water partition coefficient (Wildman–Crippen LogP) is 4.11. The van der Waals surface area contributed by atoms with Gasteiger partial charge in [-0.3, -0.25) is 9.36 Å². The van der Waals surface area contributed by atoms with Crippen LogP contribution >= 0.6 is 0 Å². The van der Waals surface area contributed by atoms with Gasteiger partial charge in [-0.15, -0.1) is 0 Å². The fourth-order valence-electron chi connectivity index (χ4n) is 4.50. The average molecular weight is 581 g/mol. The molecule has 13 heteroatoms. The molecule has 0 unspecified atom stereocenters. The van der Waals surface area contributed by atoms with Crippen LogP contribution in [0.5, 0.6) is 0 Å². The molecule has 6 aromatic rings. The summed E-state index contributed by atoms with van der Waals surface area (Å²) in [5.41, 5.74) is 5.42. The van der Waals surface area contributed by atoms with E-state index in [2.05, 4.69) is 30.2 Å². The standard InChI is InChI=1S/C14H15FN4O2S.C14H15FN4/c1-22(20,21)18-4-5-19-9-10(7-17-19)13-8-16-14-6-11(15)2-3-12(13)14;1-16-4-5-19-9-10(7-18-19)13-8-17-14-6-11(15)2-3-12(13)14/h2-3,6-9,16,18H,4-5H2,1H3;2-3,6-9,16-17H,4-5H2,1H3. The maximum atomic E-state index is 13.2. The third kappa shape index (κ3) is 6.88. The fraction of sp³-hybridized carbons (Fsp3) is 0.214. The third-order valence-corrected chi connectivity index (χ3v) is 7.20. The van der Waals surface area contributed by atoms with Crippen molar-refractivity contribution in [1.82, 2.24) is 39.6 Å². The number of H-pyrrole nitrogens is 2. The molecule has 214 valence electrons. The summed E-state index contributed by atoms with van der Waals surface area (Å²) in [6.45, 7) is 2.41. The number of fused-ring (bicyclic) bond motifs is 2. The van der Waals surface area contributed by atoms with Gasteiger partial charge in [0, 0.05) is 81.9 Å². The van der Waals surface area contributed by atoms with Crippen LogP contribution in [0, 0.1) is 11.6 Å². The van der Waals surface area contributed by atoms with Crippen LogP contribution in [0.1, 0.15) is 0 Å². The van der Waals surface area contributed by atoms with Crippen molar-refractivity contribution in [3.63, 3.8) is 0 Å². The van der Waals surface area contributed by atoms with Gasteiger partial charge in [-0.25, -0.2) is 21.9 Å². The molecule has 0 radical (unpaired) electrons. The summed E-state index contributed by atoms with van der Waals surface area (Å²) in [5, 5.41) is 13.5. The van der Waals surface area contributed by atoms with E-state index in [-0.39, 0.29) is 18.2 Å². The highest BCUT2D eigenvalue weighted by molar-refractivity contribution is 7.88. The number of hydrogen-bond acceptors (Lipinski definition) is 5. The Bertz CT molecular complexity index is 1890. The molecule has 0 atom stereocenters. The molecular formula is C28H30F2N8O2S. The quantitative estimate of drug-likeness (QED) is 0.205. The Kier molecular flexibility index (Phi) is 8.28. The van der Waals surface area contributed by atoms with Gasteiger partial charge >= 0.3 is 0 Å². The second-order valence-electron chi connectivity index (χ2n) is 9.54. The first-order valence-electron chi connectivity index (χ1n) is 12.9. The number of sulfonamides is 1. The van der Waals surface area contributed by atoms with Crippen LogP contribution in [-0.4, -0.2) is 64.3 Å². The van der Waals surface area contributed by atoms with Gasteiger partial charge in [-0.2, -0.15) is 10.2 Å². The minimum Gasteiger partial charge on any atom is -0.360 e. The SMILES string of the molecule is CNCCn1cc(-c2c[nH]c3cc(F)ccc23)cn1.CS(=O)(=O)NCCn1cc(-c2c[nH]c3cc(F)ccc23)cn1. The molecule has 4 heterocycles. The van der Waals surface area contributed by atoms with Crippen molar-refractivity contribution in [2.45, 2.75) is 13.1 Å². The first kappa shape index (κ1) is 28.2. The Morgan fingerprint density at radius 2 is 1.29 bits per heavy atom. The highest BCUT2D eigenvalue weighted by atomic mass is 32.2. The molecule has 0 amide bonds. The van der Waals surface area contributed by atoms with E-state index in [9.17, 15) is 17.2 Å². The van der Waals surface area contributed by atoms with Gasteiger partial charge in [0.05, 0.1) is 31.7 Å². The number of halogens is 2. The van der Waals surface area contributed by atoms with Crippen molar-refractivity contribution >= 4 is 31.8 Å². The number of benzene rings is 2. The van der Waals surface area contributed by atoms with Gasteiger partial charge in [-0.05, 0) is 43.4 Å². The van der Waals surface area contributed by atoms with E-state index >= 15 is 0 Å². The molecule has 2 aromatic carbocycles. The number of likely N-dealkylation sites (N-methyl/N-ethyl adjacent to an activating group) is 1. The molecule has 0 saturated carbocycles. The van der Waals surface area contributed by atoms with E-state index in [0.717, 1.165) is 63.4 Å². The summed E-state index contributed by atoms with van der Waals surface area (Å²) in [6, 6.07) is 9.36. The van der Waals surface area contributed by atoms with Crippen LogP contribution in [0.15, 0.2) is 73.6 Å². The van der Waals surface area contributed by atoms with E-state index in [1.807, 2.05) is 36.5 Å². The van der Waals surface area contributed by atoms with Crippen LogP contribution in [0.3, 0.4) is 0 Å². The summed E-state index contributed by atoms with van der Waals surface area (Å²) < 4.78 is 54.3. The zero-order valence-electron chi connectivity index (χ0n) is 22.5. The molecule has 41 heavy (non-hydrogen) atoms. The minimum absolute atomic E-state index is 0.231. The van der Waals surface area contributed by atoms with Crippen molar-refractivity contribution in [3.8, 4) is 22.3 Å². The van der Waals surface area contributed by atoms with Gasteiger partial charge in [0.2, 0.25) is 10.0 Å². The predicted molar refractivity (Wildman–Crippen MR) is 156 cm³/mol. The molecule has 0 aliphatic rings. The Labute approximate surface area is 235 Å². The largest absolute Gasteiger partial charge is 0.360 e. The van der Waals surface area contributed by atoms with E-state index in [0.29, 0.717) is 6.54 Å². The van der Waals surface area contributed by atoms with Crippen molar-refractivity contribution in [1.29, 1.82) is 0 Å². The lowest BCUT2D eigenvalue weighted by Gasteiger charge is -2.02. The van der Waals surface area contributed by atoms with E-state index in [1.165, 1.54) is 24.3 Å². The molecule has 6 rings (SSSR count). The number of hydrogen-bond donors (Lipinski definition) is 4. The summed E-state index contributed by atoms with van der Waals surface area (Å²) >= 11 is 0. The summed E-state index contributed by atoms with van der Waals surface area (Å²) in [7, 11) is -1.28. The minimum atomic E-state index is -3.20. The van der Waals surface area contributed by atoms with Crippen LogP contribution < -0.4 is 10.0 Å². The lowest BCUT2D eigenvalue weighted by atomic mass is 10.1. The molecule has 0 fully saturated rings. The van der Waals surface area contributed by atoms with Crippen LogP contribution in [0.4, 0.5) is 8.78 Å². The van der Waals surface area contributed by atoms with Crippen molar-refractivity contribution in [2.24, 2.45) is 0 Å². The number of nitrogens with one attached hydrogen (secondary N) is 4. The van der Waals surface area contributed by atoms with Gasteiger partial charge in [-0.1, -0.05) is 0 Å². The zero-order valence-corrected chi connectivity index (χ0v) is 23.3. The Hall–Kier alpha value is -4.33. The van der Waals surface area contributed by atoms with E-state index in [4.69, 9.17) is 0 Å². The van der Waals surface area contributed by atoms with Crippen LogP contribution in [-0.2, 0) is 23.1 Å². The molecule has 0 aliphatic carbocycles. The summed E-state index contributed by atoms with van der Waals surface area (Å²) in [6.07, 6.45) is 12.2. The van der Waals surface area contributed by atoms with E-state index < -0.39 is 10.0 Å². The zero-order chi connectivity index (χ0) is 29.0. The second kappa shape index (κ2) is 12.0. The number of rotatable bonds is 9. The lowest BCUT2D eigenvalue weighted by molar-refractivity contribution is 0.565. The number of aromatic nitrogens is 6. The molecule has 4 aromatic heterocycles. The highest BCUT2D eigenvalue weighted by Crippen LogP contribution is 2.29. The topological polar surface area (TPSA) is 125 Å². The second-order valence-corrected chi connectivity index (χ2v) is 11.4. The van der Waals surface area contributed by atoms with E-state index in [1.54, 1.807) is 29.2 Å². The molecular weight excluding hydrogens is 550 g/mol. The molecule has 4 N–H and O–H groups in total. The third-order valence-electron chi connectivity index (χ3n) is 6.47. The first-order chi connectivity index (χ1) is 19.7. The number of aromatic amines is 2. The Morgan fingerprint density at radius 3 is 1.76 bits per heavy atom. The van der Waals surface area contributed by atoms with Gasteiger partial charge in [0.15, 0.2) is 0 Å². The van der Waals surface area contributed by atoms with Gasteiger partial charge < -0.3 is 15.3 Å². The molecule has 0 aliphatic heterocycles. The van der Waals surface area contributed by atoms with Crippen LogP contribution in [0.2, 0.25) is 0 Å². The van der Waals surface area contributed by atoms with Crippen molar-refractivity contribution < 1.29 is 17.2 Å². The van der Waals surface area contributed by atoms with Gasteiger partial charge in [0.1, 0.15) is 11.6 Å². The number of nitrogens with zero attached hydrogens (tertiary/aromatic N) is 4. The van der Waals surface area contributed by atoms with Crippen molar-refractivity contribution in [2.75, 3.05) is 26.4 Å². The normalized spacial score (nSPS) is 11.7. The Morgan fingerprint density at radius 1 is 0.805 bits per heavy atom. The average Bonchev–Trinajstić information content (AvgIpc) is 3.72. The first-order valence-corrected chi connectivity index (χ1v) is 14.8. The van der Waals surface area contributed by atoms with Gasteiger partial charge in [0.25, 0.3) is 0 Å². The molecule has 10 nitrogen and oxygen atoms in total. The highest BCUT2D eigenvalue weighted by Gasteiger charge is 2.10. The lowest BCUT2D eigenvalue weighted by Crippen LogP contribution is -2.26.